The Bertz CT molecular complexity index is 2760. The zero-order chi connectivity index (χ0) is 29.5. The molecule has 10 rings (SSSR count). The van der Waals surface area contributed by atoms with Crippen LogP contribution in [-0.2, 0) is 0 Å². The van der Waals surface area contributed by atoms with E-state index in [1.807, 2.05) is 17.4 Å². The minimum atomic E-state index is 0.906. The summed E-state index contributed by atoms with van der Waals surface area (Å²) in [7, 11) is 0. The third-order valence-electron chi connectivity index (χ3n) is 9.19. The van der Waals surface area contributed by atoms with Crippen LogP contribution in [0.25, 0.3) is 91.9 Å². The molecule has 0 aliphatic rings. The molecule has 2 nitrogen and oxygen atoms in total. The maximum Gasteiger partial charge on any atom is 0.143 e. The summed E-state index contributed by atoms with van der Waals surface area (Å²) in [5, 5.41) is 7.40. The van der Waals surface area contributed by atoms with Gasteiger partial charge in [0.05, 0.1) is 11.0 Å². The largest absolute Gasteiger partial charge is 0.455 e. The highest BCUT2D eigenvalue weighted by Crippen LogP contribution is 2.42. The second-order valence-corrected chi connectivity index (χ2v) is 12.8. The van der Waals surface area contributed by atoms with Gasteiger partial charge in [0.2, 0.25) is 0 Å². The van der Waals surface area contributed by atoms with Gasteiger partial charge in [0.25, 0.3) is 0 Å². The molecule has 0 atom stereocenters. The normalized spacial score (nSPS) is 12.0. The van der Waals surface area contributed by atoms with Gasteiger partial charge in [-0.3, -0.25) is 0 Å². The maximum absolute atomic E-state index is 6.51. The van der Waals surface area contributed by atoms with Crippen LogP contribution in [0.4, 0.5) is 0 Å². The number of nitrogens with zero attached hydrogens (tertiary/aromatic N) is 1. The molecule has 0 bridgehead atoms. The van der Waals surface area contributed by atoms with E-state index in [0.717, 1.165) is 38.8 Å². The average Bonchev–Trinajstić information content (AvgIpc) is 3.77. The minimum absolute atomic E-state index is 0.906. The molecule has 0 aliphatic carbocycles. The number of hydrogen-bond acceptors (Lipinski definition) is 2. The molecular formula is C42H25NOS. The SMILES string of the molecule is c1ccc(-c2cc(-n3c4ccccc4c4ccc(-c5ccc6c(c5)sc5ccccc56)cc43)cc3c2oc2ccccc23)cc1. The van der Waals surface area contributed by atoms with Crippen LogP contribution in [0, 0.1) is 0 Å². The number of benzene rings is 7. The fourth-order valence-corrected chi connectivity index (χ4v) is 8.25. The fourth-order valence-electron chi connectivity index (χ4n) is 7.11. The van der Waals surface area contributed by atoms with Gasteiger partial charge >= 0.3 is 0 Å². The molecule has 210 valence electrons. The smallest absolute Gasteiger partial charge is 0.143 e. The van der Waals surface area contributed by atoms with Gasteiger partial charge in [-0.05, 0) is 59.2 Å². The lowest BCUT2D eigenvalue weighted by atomic mass is 10.0. The highest BCUT2D eigenvalue weighted by Gasteiger charge is 2.19. The van der Waals surface area contributed by atoms with Gasteiger partial charge in [0.1, 0.15) is 11.2 Å². The summed E-state index contributed by atoms with van der Waals surface area (Å²) in [5.41, 5.74) is 10.0. The number of para-hydroxylation sites is 2. The van der Waals surface area contributed by atoms with E-state index in [1.54, 1.807) is 0 Å². The first-order valence-electron chi connectivity index (χ1n) is 15.3. The molecule has 3 heteroatoms. The van der Waals surface area contributed by atoms with Crippen LogP contribution in [0.1, 0.15) is 0 Å². The Balaban J connectivity index is 1.26. The van der Waals surface area contributed by atoms with Crippen LogP contribution >= 0.6 is 11.3 Å². The number of furan rings is 1. The molecule has 45 heavy (non-hydrogen) atoms. The molecule has 0 saturated heterocycles. The zero-order valence-corrected chi connectivity index (χ0v) is 25.0. The number of aromatic nitrogens is 1. The minimum Gasteiger partial charge on any atom is -0.455 e. The van der Waals surface area contributed by atoms with Crippen molar-refractivity contribution in [2.24, 2.45) is 0 Å². The summed E-state index contributed by atoms with van der Waals surface area (Å²) in [6.07, 6.45) is 0. The number of rotatable bonds is 3. The molecule has 0 radical (unpaired) electrons. The van der Waals surface area contributed by atoms with Crippen molar-refractivity contribution < 1.29 is 4.42 Å². The van der Waals surface area contributed by atoms with E-state index >= 15 is 0 Å². The van der Waals surface area contributed by atoms with Crippen LogP contribution in [0.2, 0.25) is 0 Å². The molecule has 0 aliphatic heterocycles. The second kappa shape index (κ2) is 9.43. The average molecular weight is 592 g/mol. The van der Waals surface area contributed by atoms with Gasteiger partial charge < -0.3 is 8.98 Å². The van der Waals surface area contributed by atoms with Crippen LogP contribution < -0.4 is 0 Å². The van der Waals surface area contributed by atoms with Gasteiger partial charge in [-0.1, -0.05) is 109 Å². The molecule has 0 fully saturated rings. The van der Waals surface area contributed by atoms with E-state index in [9.17, 15) is 0 Å². The molecule has 0 amide bonds. The van der Waals surface area contributed by atoms with Crippen molar-refractivity contribution in [3.63, 3.8) is 0 Å². The van der Waals surface area contributed by atoms with E-state index in [0.29, 0.717) is 0 Å². The van der Waals surface area contributed by atoms with E-state index in [-0.39, 0.29) is 0 Å². The molecule has 3 heterocycles. The van der Waals surface area contributed by atoms with E-state index in [1.165, 1.54) is 53.1 Å². The van der Waals surface area contributed by atoms with Gasteiger partial charge in [-0.2, -0.15) is 0 Å². The van der Waals surface area contributed by atoms with Crippen molar-refractivity contribution in [2.45, 2.75) is 0 Å². The summed E-state index contributed by atoms with van der Waals surface area (Å²) in [5.74, 6) is 0. The summed E-state index contributed by atoms with van der Waals surface area (Å²) >= 11 is 1.87. The van der Waals surface area contributed by atoms with Crippen molar-refractivity contribution in [3.05, 3.63) is 152 Å². The topological polar surface area (TPSA) is 18.1 Å². The lowest BCUT2D eigenvalue weighted by Crippen LogP contribution is -1.95. The first-order chi connectivity index (χ1) is 22.3. The second-order valence-electron chi connectivity index (χ2n) is 11.7. The Kier molecular flexibility index (Phi) is 5.19. The summed E-state index contributed by atoms with van der Waals surface area (Å²) < 4.78 is 11.6. The number of fused-ring (bicyclic) bond motifs is 9. The Morgan fingerprint density at radius 1 is 0.422 bits per heavy atom. The first kappa shape index (κ1) is 24.8. The highest BCUT2D eigenvalue weighted by atomic mass is 32.1. The predicted octanol–water partition coefficient (Wildman–Crippen LogP) is 12.4. The Hall–Kier alpha value is -5.64. The molecule has 3 aromatic heterocycles. The van der Waals surface area contributed by atoms with Crippen LogP contribution in [0.5, 0.6) is 0 Å². The molecular weight excluding hydrogens is 567 g/mol. The molecule has 0 N–H and O–H groups in total. The number of hydrogen-bond donors (Lipinski definition) is 0. The lowest BCUT2D eigenvalue weighted by Gasteiger charge is -2.12. The zero-order valence-electron chi connectivity index (χ0n) is 24.2. The lowest BCUT2D eigenvalue weighted by molar-refractivity contribution is 0.670. The van der Waals surface area contributed by atoms with Crippen LogP contribution in [0.15, 0.2) is 156 Å². The quantitative estimate of drug-likeness (QED) is 0.200. The van der Waals surface area contributed by atoms with Crippen LogP contribution in [-0.4, -0.2) is 4.57 Å². The Labute approximate surface area is 263 Å². The van der Waals surface area contributed by atoms with Gasteiger partial charge in [0.15, 0.2) is 0 Å². The predicted molar refractivity (Wildman–Crippen MR) is 192 cm³/mol. The van der Waals surface area contributed by atoms with Crippen LogP contribution in [0.3, 0.4) is 0 Å². The van der Waals surface area contributed by atoms with E-state index in [2.05, 4.69) is 150 Å². The van der Waals surface area contributed by atoms with Gasteiger partial charge in [0, 0.05) is 53.0 Å². The highest BCUT2D eigenvalue weighted by molar-refractivity contribution is 7.25. The van der Waals surface area contributed by atoms with E-state index in [4.69, 9.17) is 4.42 Å². The molecule has 0 saturated carbocycles. The molecule has 0 unspecified atom stereocenters. The monoisotopic (exact) mass is 591 g/mol. The van der Waals surface area contributed by atoms with Crippen molar-refractivity contribution in [1.29, 1.82) is 0 Å². The first-order valence-corrected chi connectivity index (χ1v) is 16.1. The summed E-state index contributed by atoms with van der Waals surface area (Å²) in [6.45, 7) is 0. The van der Waals surface area contributed by atoms with Crippen molar-refractivity contribution in [1.82, 2.24) is 4.57 Å². The fraction of sp³-hybridized carbons (Fsp3) is 0. The Morgan fingerprint density at radius 2 is 1.09 bits per heavy atom. The van der Waals surface area contributed by atoms with E-state index < -0.39 is 0 Å². The molecule has 7 aromatic carbocycles. The van der Waals surface area contributed by atoms with Crippen molar-refractivity contribution >= 4 is 75.3 Å². The molecule has 10 aromatic rings. The maximum atomic E-state index is 6.51. The third kappa shape index (κ3) is 3.68. The Morgan fingerprint density at radius 3 is 1.98 bits per heavy atom. The van der Waals surface area contributed by atoms with Crippen molar-refractivity contribution in [2.75, 3.05) is 0 Å². The molecule has 0 spiro atoms. The van der Waals surface area contributed by atoms with Gasteiger partial charge in [-0.15, -0.1) is 11.3 Å². The van der Waals surface area contributed by atoms with Gasteiger partial charge in [-0.25, -0.2) is 0 Å². The standard InChI is InChI=1S/C42H25NOS/c1-2-10-26(11-3-1)35-24-29(25-36-32-13-5-8-16-39(32)44-42(35)36)43-37-15-7-4-12-30(37)31-20-18-27(22-38(31)43)28-19-21-34-33-14-6-9-17-40(33)45-41(34)23-28/h1-25H. The third-order valence-corrected chi connectivity index (χ3v) is 10.3. The summed E-state index contributed by atoms with van der Waals surface area (Å²) in [6, 6.07) is 54.8. The number of thiophene rings is 1. The summed E-state index contributed by atoms with van der Waals surface area (Å²) in [4.78, 5) is 0. The van der Waals surface area contributed by atoms with Crippen molar-refractivity contribution in [3.8, 4) is 27.9 Å².